The van der Waals surface area contributed by atoms with E-state index in [9.17, 15) is 19.7 Å². The molecular weight excluding hydrogens is 440 g/mol. The summed E-state index contributed by atoms with van der Waals surface area (Å²) in [6.45, 7) is 0.563. The third-order valence-corrected chi connectivity index (χ3v) is 6.36. The Hall–Kier alpha value is -3.53. The summed E-state index contributed by atoms with van der Waals surface area (Å²) in [6.07, 6.45) is 5.67. The highest BCUT2D eigenvalue weighted by Gasteiger charge is 2.37. The molecule has 1 aliphatic heterocycles. The number of carbonyl (C=O) groups is 2. The molecule has 4 rings (SSSR count). The van der Waals surface area contributed by atoms with Crippen molar-refractivity contribution in [3.8, 4) is 0 Å². The van der Waals surface area contributed by atoms with Crippen LogP contribution in [0, 0.1) is 16.0 Å². The first-order valence-electron chi connectivity index (χ1n) is 11.4. The average molecular weight is 469 g/mol. The monoisotopic (exact) mass is 468 g/mol. The third-order valence-electron chi connectivity index (χ3n) is 6.36. The molecule has 10 nitrogen and oxygen atoms in total. The maximum absolute atomic E-state index is 13.4. The first-order chi connectivity index (χ1) is 16.5. The largest absolute Gasteiger partial charge is 0.467 e. The van der Waals surface area contributed by atoms with E-state index in [4.69, 9.17) is 9.15 Å². The number of carbonyl (C=O) groups excluding carboxylic acids is 2. The second-order valence-corrected chi connectivity index (χ2v) is 8.56. The highest BCUT2D eigenvalue weighted by Crippen LogP contribution is 2.34. The van der Waals surface area contributed by atoms with Gasteiger partial charge in [-0.2, -0.15) is 5.10 Å². The Kier molecular flexibility index (Phi) is 7.36. The molecule has 0 saturated heterocycles. The van der Waals surface area contributed by atoms with Crippen molar-refractivity contribution in [1.29, 1.82) is 0 Å². The first kappa shape index (κ1) is 23.6. The Morgan fingerprint density at radius 1 is 1.24 bits per heavy atom. The average Bonchev–Trinajstić information content (AvgIpc) is 3.62. The summed E-state index contributed by atoms with van der Waals surface area (Å²) in [7, 11) is 1.56. The van der Waals surface area contributed by atoms with Gasteiger partial charge in [0.25, 0.3) is 11.6 Å². The minimum absolute atomic E-state index is 0.0166. The van der Waals surface area contributed by atoms with Crippen LogP contribution in [0.3, 0.4) is 0 Å². The van der Waals surface area contributed by atoms with E-state index in [1.165, 1.54) is 23.4 Å². The number of benzene rings is 1. The predicted molar refractivity (Wildman–Crippen MR) is 123 cm³/mol. The number of hydrogen-bond acceptors (Lipinski definition) is 7. The molecule has 10 heteroatoms. The normalized spacial score (nSPS) is 18.2. The van der Waals surface area contributed by atoms with Crippen molar-refractivity contribution in [1.82, 2.24) is 9.91 Å². The lowest BCUT2D eigenvalue weighted by molar-refractivity contribution is -0.384. The predicted octanol–water partition coefficient (Wildman–Crippen LogP) is 3.53. The molecule has 2 heterocycles. The molecule has 0 N–H and O–H groups in total. The number of amides is 2. The van der Waals surface area contributed by atoms with Gasteiger partial charge in [0.15, 0.2) is 0 Å². The molecule has 0 spiro atoms. The zero-order valence-electron chi connectivity index (χ0n) is 19.1. The zero-order valence-corrected chi connectivity index (χ0v) is 19.1. The fourth-order valence-electron chi connectivity index (χ4n) is 4.53. The van der Waals surface area contributed by atoms with Crippen LogP contribution < -0.4 is 0 Å². The van der Waals surface area contributed by atoms with Gasteiger partial charge < -0.3 is 14.1 Å². The van der Waals surface area contributed by atoms with E-state index < -0.39 is 11.0 Å². The number of nitro groups is 1. The van der Waals surface area contributed by atoms with Gasteiger partial charge in [0.2, 0.25) is 5.91 Å². The number of nitro benzene ring substituents is 1. The molecule has 180 valence electrons. The summed E-state index contributed by atoms with van der Waals surface area (Å²) >= 11 is 0. The number of nitrogens with zero attached hydrogens (tertiary/aromatic N) is 4. The second-order valence-electron chi connectivity index (χ2n) is 8.56. The molecule has 0 bridgehead atoms. The third kappa shape index (κ3) is 5.17. The molecule has 1 atom stereocenters. The van der Waals surface area contributed by atoms with E-state index in [1.807, 2.05) is 0 Å². The highest BCUT2D eigenvalue weighted by molar-refractivity contribution is 6.03. The van der Waals surface area contributed by atoms with Crippen molar-refractivity contribution in [2.75, 3.05) is 26.8 Å². The summed E-state index contributed by atoms with van der Waals surface area (Å²) in [6, 6.07) is 9.14. The van der Waals surface area contributed by atoms with Crippen molar-refractivity contribution in [3.63, 3.8) is 0 Å². The lowest BCUT2D eigenvalue weighted by Crippen LogP contribution is -2.44. The molecule has 1 aliphatic carbocycles. The van der Waals surface area contributed by atoms with Crippen LogP contribution >= 0.6 is 0 Å². The summed E-state index contributed by atoms with van der Waals surface area (Å²) in [5, 5.41) is 16.9. The van der Waals surface area contributed by atoms with Crippen LogP contribution in [0.15, 0.2) is 52.2 Å². The number of ether oxygens (including phenoxy) is 1. The number of furan rings is 1. The molecule has 2 amide bonds. The van der Waals surface area contributed by atoms with Crippen LogP contribution in [-0.4, -0.2) is 59.2 Å². The van der Waals surface area contributed by atoms with Crippen LogP contribution in [0.2, 0.25) is 0 Å². The molecule has 1 aromatic carbocycles. The molecule has 2 aliphatic rings. The van der Waals surface area contributed by atoms with Crippen molar-refractivity contribution in [3.05, 3.63) is 64.1 Å². The lowest BCUT2D eigenvalue weighted by Gasteiger charge is -2.27. The maximum Gasteiger partial charge on any atom is 0.269 e. The van der Waals surface area contributed by atoms with Crippen LogP contribution in [0.25, 0.3) is 0 Å². The molecule has 34 heavy (non-hydrogen) atoms. The Morgan fingerprint density at radius 2 is 1.97 bits per heavy atom. The van der Waals surface area contributed by atoms with E-state index >= 15 is 0 Å². The molecule has 1 aromatic heterocycles. The van der Waals surface area contributed by atoms with Crippen LogP contribution in [0.5, 0.6) is 0 Å². The van der Waals surface area contributed by atoms with Crippen LogP contribution in [0.1, 0.15) is 49.5 Å². The number of hydrogen-bond donors (Lipinski definition) is 0. The van der Waals surface area contributed by atoms with Gasteiger partial charge in [-0.1, -0.05) is 12.8 Å². The number of hydrazone groups is 1. The summed E-state index contributed by atoms with van der Waals surface area (Å²) in [5.74, 6) is 0.194. The zero-order chi connectivity index (χ0) is 24.1. The number of rotatable bonds is 9. The van der Waals surface area contributed by atoms with Gasteiger partial charge in [0, 0.05) is 38.1 Å². The Morgan fingerprint density at radius 3 is 2.59 bits per heavy atom. The fourth-order valence-corrected chi connectivity index (χ4v) is 4.53. The van der Waals surface area contributed by atoms with Gasteiger partial charge in [-0.25, -0.2) is 5.01 Å². The van der Waals surface area contributed by atoms with Gasteiger partial charge in [-0.05, 0) is 42.7 Å². The minimum atomic E-state index is -0.461. The SMILES string of the molecule is COCCN(CC(=O)N1N=C(c2ccc([N+](=O)[O-])cc2)CC1c1ccco1)C(=O)C1CCCC1. The Balaban J connectivity index is 1.56. The van der Waals surface area contributed by atoms with E-state index in [-0.39, 0.29) is 30.0 Å². The van der Waals surface area contributed by atoms with E-state index in [2.05, 4.69) is 5.10 Å². The Labute approximate surface area is 197 Å². The van der Waals surface area contributed by atoms with Crippen molar-refractivity contribution in [2.24, 2.45) is 11.0 Å². The summed E-state index contributed by atoms with van der Waals surface area (Å²) < 4.78 is 10.7. The van der Waals surface area contributed by atoms with E-state index in [0.717, 1.165) is 25.7 Å². The lowest BCUT2D eigenvalue weighted by atomic mass is 10.0. The van der Waals surface area contributed by atoms with Crippen molar-refractivity contribution >= 4 is 23.2 Å². The minimum Gasteiger partial charge on any atom is -0.467 e. The number of methoxy groups -OCH3 is 1. The molecule has 2 aromatic rings. The molecule has 1 fully saturated rings. The van der Waals surface area contributed by atoms with Gasteiger partial charge >= 0.3 is 0 Å². The quantitative estimate of drug-likeness (QED) is 0.410. The van der Waals surface area contributed by atoms with Gasteiger partial charge in [0.1, 0.15) is 18.3 Å². The fraction of sp³-hybridized carbons (Fsp3) is 0.458. The summed E-state index contributed by atoms with van der Waals surface area (Å²) in [4.78, 5) is 38.6. The topological polar surface area (TPSA) is 118 Å². The van der Waals surface area contributed by atoms with Crippen molar-refractivity contribution < 1.29 is 23.7 Å². The van der Waals surface area contributed by atoms with Crippen LogP contribution in [-0.2, 0) is 14.3 Å². The Bertz CT molecular complexity index is 1040. The highest BCUT2D eigenvalue weighted by atomic mass is 16.6. The van der Waals surface area contributed by atoms with E-state index in [1.54, 1.807) is 36.3 Å². The van der Waals surface area contributed by atoms with Gasteiger partial charge in [-0.15, -0.1) is 0 Å². The molecule has 1 unspecified atom stereocenters. The standard InChI is InChI=1S/C24H28N4O6/c1-33-14-12-26(24(30)18-5-2-3-6-18)16-23(29)27-21(22-7-4-13-34-22)15-20(25-27)17-8-10-19(11-9-17)28(31)32/h4,7-11,13,18,21H,2-3,5-6,12,14-16H2,1H3. The van der Waals surface area contributed by atoms with E-state index in [0.29, 0.717) is 36.6 Å². The molecular formula is C24H28N4O6. The van der Waals surface area contributed by atoms with Crippen molar-refractivity contribution in [2.45, 2.75) is 38.1 Å². The second kappa shape index (κ2) is 10.6. The van der Waals surface area contributed by atoms with Gasteiger partial charge in [0.05, 0.1) is 23.5 Å². The summed E-state index contributed by atoms with van der Waals surface area (Å²) in [5.41, 5.74) is 1.29. The smallest absolute Gasteiger partial charge is 0.269 e. The number of non-ortho nitro benzene ring substituents is 1. The maximum atomic E-state index is 13.4. The first-order valence-corrected chi connectivity index (χ1v) is 11.4. The molecule has 1 saturated carbocycles. The van der Waals surface area contributed by atoms with Crippen LogP contribution in [0.4, 0.5) is 5.69 Å². The molecule has 0 radical (unpaired) electrons. The van der Waals surface area contributed by atoms with Gasteiger partial charge in [-0.3, -0.25) is 19.7 Å².